The van der Waals surface area contributed by atoms with Crippen LogP contribution in [-0.2, 0) is 14.3 Å². The molecule has 0 aliphatic heterocycles. The van der Waals surface area contributed by atoms with Gasteiger partial charge in [-0.05, 0) is 89.9 Å². The van der Waals surface area contributed by atoms with E-state index in [1.807, 2.05) is 0 Å². The fourth-order valence-electron chi connectivity index (χ4n) is 4.96. The molecule has 0 spiro atoms. The maximum Gasteiger partial charge on any atom is 0.306 e. The third-order valence-corrected chi connectivity index (χ3v) is 7.89. The molecule has 0 rings (SSSR count). The Kier molecular flexibility index (Phi) is 39.2. The summed E-state index contributed by atoms with van der Waals surface area (Å²) in [5.41, 5.74) is 0. The summed E-state index contributed by atoms with van der Waals surface area (Å²) >= 11 is 0. The Labute approximate surface area is 302 Å². The Morgan fingerprint density at radius 2 is 0.918 bits per heavy atom. The first-order valence-corrected chi connectivity index (χ1v) is 19.8. The summed E-state index contributed by atoms with van der Waals surface area (Å²) in [6.07, 6.45) is 58.8. The van der Waals surface area contributed by atoms with Crippen LogP contribution in [0.2, 0.25) is 0 Å². The van der Waals surface area contributed by atoms with Crippen LogP contribution >= 0.6 is 0 Å². The number of rotatable bonds is 35. The number of hydrogen-bond donors (Lipinski definition) is 1. The molecule has 0 bridgehead atoms. The molecule has 1 atom stereocenters. The molecule has 0 aromatic carbocycles. The second kappa shape index (κ2) is 41.5. The molecular formula is C45H74O4. The first-order valence-electron chi connectivity index (χ1n) is 19.8. The Morgan fingerprint density at radius 1 is 0.510 bits per heavy atom. The second-order valence-corrected chi connectivity index (χ2v) is 12.6. The zero-order valence-electron chi connectivity index (χ0n) is 31.7. The van der Waals surface area contributed by atoms with Crippen LogP contribution < -0.4 is 0 Å². The topological polar surface area (TPSA) is 55.8 Å². The number of carbonyl (C=O) groups is 1. The molecule has 0 saturated heterocycles. The molecule has 1 N–H and O–H groups in total. The third kappa shape index (κ3) is 39.6. The number of aliphatic hydroxyl groups is 1. The normalized spacial score (nSPS) is 13.4. The fourth-order valence-corrected chi connectivity index (χ4v) is 4.96. The van der Waals surface area contributed by atoms with Gasteiger partial charge in [0, 0.05) is 13.0 Å². The lowest BCUT2D eigenvalue weighted by molar-refractivity contribution is -0.154. The van der Waals surface area contributed by atoms with Crippen molar-refractivity contribution in [2.24, 2.45) is 0 Å². The van der Waals surface area contributed by atoms with Crippen LogP contribution in [0.4, 0.5) is 0 Å². The monoisotopic (exact) mass is 679 g/mol. The largest absolute Gasteiger partial charge is 0.457 e. The van der Waals surface area contributed by atoms with Crippen LogP contribution in [0.3, 0.4) is 0 Å². The third-order valence-electron chi connectivity index (χ3n) is 7.89. The van der Waals surface area contributed by atoms with E-state index in [1.54, 1.807) is 0 Å². The predicted molar refractivity (Wildman–Crippen MR) is 214 cm³/mol. The van der Waals surface area contributed by atoms with E-state index in [1.165, 1.54) is 64.2 Å². The zero-order valence-corrected chi connectivity index (χ0v) is 31.7. The summed E-state index contributed by atoms with van der Waals surface area (Å²) in [6, 6.07) is 0. The van der Waals surface area contributed by atoms with Gasteiger partial charge in [0.05, 0.1) is 13.2 Å². The van der Waals surface area contributed by atoms with E-state index >= 15 is 0 Å². The highest BCUT2D eigenvalue weighted by atomic mass is 16.6. The van der Waals surface area contributed by atoms with Gasteiger partial charge in [-0.1, -0.05) is 156 Å². The summed E-state index contributed by atoms with van der Waals surface area (Å²) in [5.74, 6) is -0.264. The standard InChI is InChI=1S/C45H74O4/c1-3-5-7-9-11-13-15-17-19-20-21-22-23-24-25-26-27-28-30-32-34-36-38-40-45(47)49-44(42-46)43-48-41-39-37-35-33-31-29-18-16-14-12-10-8-6-4-2/h5,7,11,13-14,16-17,19,21-22,24-25,27-28,32,34,44,46H,3-4,6,8-10,12,15,18,20,23,26,29-31,33,35-43H2,1-2H3/b7-5-,13-11-,16-14-,19-17-,22-21-,25-24-,28-27-,34-32-. The lowest BCUT2D eigenvalue weighted by atomic mass is 10.1. The van der Waals surface area contributed by atoms with Gasteiger partial charge in [0.1, 0.15) is 6.10 Å². The van der Waals surface area contributed by atoms with Crippen molar-refractivity contribution in [3.63, 3.8) is 0 Å². The molecule has 4 heteroatoms. The number of hydrogen-bond acceptors (Lipinski definition) is 4. The van der Waals surface area contributed by atoms with Gasteiger partial charge >= 0.3 is 5.97 Å². The summed E-state index contributed by atoms with van der Waals surface area (Å²) in [7, 11) is 0. The Balaban J connectivity index is 3.64. The van der Waals surface area contributed by atoms with Crippen LogP contribution in [0.15, 0.2) is 97.2 Å². The molecule has 4 nitrogen and oxygen atoms in total. The lowest BCUT2D eigenvalue weighted by Gasteiger charge is -2.15. The molecule has 0 aliphatic rings. The average molecular weight is 679 g/mol. The van der Waals surface area contributed by atoms with Crippen LogP contribution in [0.25, 0.3) is 0 Å². The minimum atomic E-state index is -0.573. The molecule has 0 radical (unpaired) electrons. The average Bonchev–Trinajstić information content (AvgIpc) is 3.11. The van der Waals surface area contributed by atoms with E-state index in [9.17, 15) is 9.90 Å². The molecule has 0 saturated carbocycles. The Hall–Kier alpha value is -2.69. The molecule has 1 unspecified atom stereocenters. The predicted octanol–water partition coefficient (Wildman–Crippen LogP) is 13.0. The van der Waals surface area contributed by atoms with E-state index in [0.29, 0.717) is 13.0 Å². The van der Waals surface area contributed by atoms with Crippen molar-refractivity contribution in [3.8, 4) is 0 Å². The highest BCUT2D eigenvalue weighted by molar-refractivity contribution is 5.69. The maximum absolute atomic E-state index is 12.2. The van der Waals surface area contributed by atoms with Crippen molar-refractivity contribution in [2.75, 3.05) is 19.8 Å². The molecule has 0 aromatic rings. The van der Waals surface area contributed by atoms with Gasteiger partial charge in [-0.2, -0.15) is 0 Å². The van der Waals surface area contributed by atoms with Gasteiger partial charge in [-0.15, -0.1) is 0 Å². The number of aliphatic hydroxyl groups excluding tert-OH is 1. The van der Waals surface area contributed by atoms with Crippen LogP contribution in [0.1, 0.15) is 155 Å². The molecule has 278 valence electrons. The number of allylic oxidation sites excluding steroid dienone is 16. The molecular weight excluding hydrogens is 604 g/mol. The van der Waals surface area contributed by atoms with Gasteiger partial charge in [0.2, 0.25) is 0 Å². The molecule has 0 heterocycles. The van der Waals surface area contributed by atoms with E-state index in [-0.39, 0.29) is 19.2 Å². The van der Waals surface area contributed by atoms with Crippen LogP contribution in [-0.4, -0.2) is 37.0 Å². The quantitative estimate of drug-likeness (QED) is 0.0412. The Morgan fingerprint density at radius 3 is 1.41 bits per heavy atom. The van der Waals surface area contributed by atoms with Gasteiger partial charge in [-0.25, -0.2) is 0 Å². The van der Waals surface area contributed by atoms with Crippen molar-refractivity contribution >= 4 is 5.97 Å². The van der Waals surface area contributed by atoms with Crippen molar-refractivity contribution < 1.29 is 19.4 Å². The molecule has 0 aliphatic carbocycles. The number of ether oxygens (including phenoxy) is 2. The van der Waals surface area contributed by atoms with Crippen LogP contribution in [0.5, 0.6) is 0 Å². The van der Waals surface area contributed by atoms with Crippen molar-refractivity contribution in [3.05, 3.63) is 97.2 Å². The van der Waals surface area contributed by atoms with E-state index in [4.69, 9.17) is 9.47 Å². The molecule has 0 amide bonds. The van der Waals surface area contributed by atoms with Crippen molar-refractivity contribution in [1.82, 2.24) is 0 Å². The van der Waals surface area contributed by atoms with Crippen molar-refractivity contribution in [1.29, 1.82) is 0 Å². The van der Waals surface area contributed by atoms with E-state index < -0.39 is 6.10 Å². The summed E-state index contributed by atoms with van der Waals surface area (Å²) in [6.45, 7) is 5.12. The molecule has 0 aromatic heterocycles. The minimum Gasteiger partial charge on any atom is -0.457 e. The second-order valence-electron chi connectivity index (χ2n) is 12.6. The summed E-state index contributed by atoms with van der Waals surface area (Å²) in [5, 5.41) is 9.57. The molecule has 0 fully saturated rings. The fraction of sp³-hybridized carbons (Fsp3) is 0.622. The minimum absolute atomic E-state index is 0.204. The summed E-state index contributed by atoms with van der Waals surface area (Å²) < 4.78 is 11.1. The van der Waals surface area contributed by atoms with Crippen molar-refractivity contribution in [2.45, 2.75) is 161 Å². The lowest BCUT2D eigenvalue weighted by Crippen LogP contribution is -2.27. The Bertz CT molecular complexity index is 934. The summed E-state index contributed by atoms with van der Waals surface area (Å²) in [4.78, 5) is 12.2. The number of unbranched alkanes of at least 4 members (excludes halogenated alkanes) is 11. The maximum atomic E-state index is 12.2. The smallest absolute Gasteiger partial charge is 0.306 e. The number of esters is 1. The van der Waals surface area contributed by atoms with Crippen LogP contribution in [0, 0.1) is 0 Å². The van der Waals surface area contributed by atoms with Gasteiger partial charge < -0.3 is 14.6 Å². The van der Waals surface area contributed by atoms with Gasteiger partial charge in [0.15, 0.2) is 0 Å². The highest BCUT2D eigenvalue weighted by Crippen LogP contribution is 2.10. The highest BCUT2D eigenvalue weighted by Gasteiger charge is 2.13. The number of carbonyl (C=O) groups excluding carboxylic acids is 1. The molecule has 49 heavy (non-hydrogen) atoms. The van der Waals surface area contributed by atoms with Gasteiger partial charge in [0.25, 0.3) is 0 Å². The van der Waals surface area contributed by atoms with Gasteiger partial charge in [-0.3, -0.25) is 4.79 Å². The van der Waals surface area contributed by atoms with E-state index in [0.717, 1.165) is 70.6 Å². The van der Waals surface area contributed by atoms with E-state index in [2.05, 4.69) is 111 Å². The zero-order chi connectivity index (χ0) is 35.6. The first kappa shape index (κ1) is 46.3. The SMILES string of the molecule is CC/C=C\C/C=C\C/C=C\C/C=C\C/C=C\C/C=C\C/C=C\CCCC(=O)OC(CO)COCCCCCCCC/C=C\CCCCCC. The first-order chi connectivity index (χ1) is 24.2.